The van der Waals surface area contributed by atoms with Gasteiger partial charge in [-0.3, -0.25) is 4.79 Å². The first kappa shape index (κ1) is 8.87. The molecular formula is C10H12N2O2. The lowest BCUT2D eigenvalue weighted by atomic mass is 10.2. The number of amides is 1. The molecule has 1 aliphatic rings. The lowest BCUT2D eigenvalue weighted by molar-refractivity contribution is 0.0951. The summed E-state index contributed by atoms with van der Waals surface area (Å²) in [5.74, 6) is -0.118. The monoisotopic (exact) mass is 192 g/mol. The third-order valence-electron chi connectivity index (χ3n) is 2.20. The van der Waals surface area contributed by atoms with Crippen LogP contribution in [0.2, 0.25) is 0 Å². The molecule has 1 aromatic carbocycles. The molecule has 0 aromatic heterocycles. The van der Waals surface area contributed by atoms with Crippen molar-refractivity contribution in [2.24, 2.45) is 0 Å². The lowest BCUT2D eigenvalue weighted by Crippen LogP contribution is -2.25. The number of nitrogens with one attached hydrogen (secondary N) is 1. The lowest BCUT2D eigenvalue weighted by Gasteiger charge is -2.04. The number of hydrogen-bond acceptors (Lipinski definition) is 3. The van der Waals surface area contributed by atoms with Gasteiger partial charge in [-0.25, -0.2) is 0 Å². The maximum atomic E-state index is 11.5. The van der Waals surface area contributed by atoms with Crippen LogP contribution in [0.4, 0.5) is 5.69 Å². The fourth-order valence-electron chi connectivity index (χ4n) is 1.19. The van der Waals surface area contributed by atoms with Crippen LogP contribution >= 0.6 is 0 Å². The first-order valence-corrected chi connectivity index (χ1v) is 4.56. The van der Waals surface area contributed by atoms with E-state index in [0.717, 1.165) is 12.8 Å². The molecule has 0 radical (unpaired) electrons. The molecule has 4 N–H and O–H groups in total. The molecule has 4 nitrogen and oxygen atoms in total. The van der Waals surface area contributed by atoms with E-state index in [4.69, 9.17) is 10.8 Å². The second-order valence-corrected chi connectivity index (χ2v) is 3.52. The minimum atomic E-state index is -0.126. The normalized spacial score (nSPS) is 15.1. The zero-order valence-corrected chi connectivity index (χ0v) is 7.66. The van der Waals surface area contributed by atoms with Crippen molar-refractivity contribution >= 4 is 11.6 Å². The van der Waals surface area contributed by atoms with Gasteiger partial charge >= 0.3 is 0 Å². The number of benzene rings is 1. The second-order valence-electron chi connectivity index (χ2n) is 3.52. The van der Waals surface area contributed by atoms with Crippen LogP contribution in [-0.2, 0) is 0 Å². The van der Waals surface area contributed by atoms with Crippen molar-refractivity contribution in [1.29, 1.82) is 0 Å². The van der Waals surface area contributed by atoms with Gasteiger partial charge in [0.25, 0.3) is 5.91 Å². The number of nitrogens with two attached hydrogens (primary N) is 1. The topological polar surface area (TPSA) is 75.4 Å². The van der Waals surface area contributed by atoms with Crippen molar-refractivity contribution in [2.45, 2.75) is 18.9 Å². The predicted octanol–water partition coefficient (Wildman–Crippen LogP) is 0.867. The molecule has 0 aliphatic heterocycles. The molecule has 74 valence electrons. The average molecular weight is 192 g/mol. The minimum Gasteiger partial charge on any atom is -0.506 e. The summed E-state index contributed by atoms with van der Waals surface area (Å²) >= 11 is 0. The average Bonchev–Trinajstić information content (AvgIpc) is 2.93. The van der Waals surface area contributed by atoms with E-state index < -0.39 is 0 Å². The highest BCUT2D eigenvalue weighted by atomic mass is 16.3. The Kier molecular flexibility index (Phi) is 2.04. The standard InChI is InChI=1S/C10H12N2O2/c11-8-5-6(1-4-9(8)13)10(14)12-7-2-3-7/h1,4-5,7,13H,2-3,11H2,(H,12,14). The predicted molar refractivity (Wildman–Crippen MR) is 53.0 cm³/mol. The molecule has 1 aromatic rings. The van der Waals surface area contributed by atoms with Gasteiger partial charge in [0.2, 0.25) is 0 Å². The second kappa shape index (κ2) is 3.21. The van der Waals surface area contributed by atoms with E-state index in [1.54, 1.807) is 6.07 Å². The first-order chi connectivity index (χ1) is 6.66. The molecule has 14 heavy (non-hydrogen) atoms. The molecule has 1 saturated carbocycles. The third kappa shape index (κ3) is 1.79. The number of nitrogen functional groups attached to an aromatic ring is 1. The van der Waals surface area contributed by atoms with E-state index in [2.05, 4.69) is 5.32 Å². The molecule has 1 fully saturated rings. The highest BCUT2D eigenvalue weighted by molar-refractivity contribution is 5.95. The van der Waals surface area contributed by atoms with Crippen LogP contribution in [0.3, 0.4) is 0 Å². The Hall–Kier alpha value is -1.71. The fraction of sp³-hybridized carbons (Fsp3) is 0.300. The van der Waals surface area contributed by atoms with Crippen molar-refractivity contribution in [3.8, 4) is 5.75 Å². The largest absolute Gasteiger partial charge is 0.506 e. The van der Waals surface area contributed by atoms with Gasteiger partial charge in [0, 0.05) is 11.6 Å². The van der Waals surface area contributed by atoms with Gasteiger partial charge in [0.1, 0.15) is 5.75 Å². The Morgan fingerprint density at radius 2 is 2.21 bits per heavy atom. The first-order valence-electron chi connectivity index (χ1n) is 4.56. The minimum absolute atomic E-state index is 0.00738. The maximum absolute atomic E-state index is 11.5. The number of carbonyl (C=O) groups excluding carboxylic acids is 1. The summed E-state index contributed by atoms with van der Waals surface area (Å²) < 4.78 is 0. The van der Waals surface area contributed by atoms with Crippen molar-refractivity contribution in [1.82, 2.24) is 5.32 Å². The zero-order valence-electron chi connectivity index (χ0n) is 7.66. The van der Waals surface area contributed by atoms with Crippen LogP contribution in [-0.4, -0.2) is 17.1 Å². The number of rotatable bonds is 2. The van der Waals surface area contributed by atoms with Crippen LogP contribution in [0.25, 0.3) is 0 Å². The maximum Gasteiger partial charge on any atom is 0.251 e. The number of phenolic OH excluding ortho intramolecular Hbond substituents is 1. The van der Waals surface area contributed by atoms with Gasteiger partial charge in [-0.2, -0.15) is 0 Å². The molecule has 4 heteroatoms. The highest BCUT2D eigenvalue weighted by Gasteiger charge is 2.23. The molecule has 2 rings (SSSR count). The van der Waals surface area contributed by atoms with E-state index in [1.807, 2.05) is 0 Å². The molecule has 0 saturated heterocycles. The van der Waals surface area contributed by atoms with E-state index in [1.165, 1.54) is 12.1 Å². The number of aromatic hydroxyl groups is 1. The summed E-state index contributed by atoms with van der Waals surface area (Å²) in [5, 5.41) is 12.0. The van der Waals surface area contributed by atoms with Crippen molar-refractivity contribution < 1.29 is 9.90 Å². The zero-order chi connectivity index (χ0) is 10.1. The summed E-state index contributed by atoms with van der Waals surface area (Å²) in [7, 11) is 0. The Labute approximate surface area is 81.7 Å². The number of hydrogen-bond donors (Lipinski definition) is 3. The van der Waals surface area contributed by atoms with Crippen molar-refractivity contribution in [2.75, 3.05) is 5.73 Å². The van der Waals surface area contributed by atoms with Gasteiger partial charge in [-0.1, -0.05) is 0 Å². The number of carbonyl (C=O) groups is 1. The van der Waals surface area contributed by atoms with Crippen LogP contribution in [0.5, 0.6) is 5.75 Å². The molecule has 1 aliphatic carbocycles. The van der Waals surface area contributed by atoms with Gasteiger partial charge in [-0.05, 0) is 31.0 Å². The van der Waals surface area contributed by atoms with Crippen LogP contribution in [0.1, 0.15) is 23.2 Å². The number of phenols is 1. The van der Waals surface area contributed by atoms with E-state index in [-0.39, 0.29) is 17.3 Å². The Morgan fingerprint density at radius 1 is 1.50 bits per heavy atom. The smallest absolute Gasteiger partial charge is 0.251 e. The van der Waals surface area contributed by atoms with E-state index in [0.29, 0.717) is 11.6 Å². The SMILES string of the molecule is Nc1cc(C(=O)NC2CC2)ccc1O. The van der Waals surface area contributed by atoms with Crippen molar-refractivity contribution in [3.63, 3.8) is 0 Å². The summed E-state index contributed by atoms with van der Waals surface area (Å²) in [4.78, 5) is 11.5. The van der Waals surface area contributed by atoms with E-state index >= 15 is 0 Å². The molecule has 0 unspecified atom stereocenters. The van der Waals surface area contributed by atoms with E-state index in [9.17, 15) is 4.79 Å². The number of anilines is 1. The molecule has 1 amide bonds. The third-order valence-corrected chi connectivity index (χ3v) is 2.20. The fourth-order valence-corrected chi connectivity index (χ4v) is 1.19. The van der Waals surface area contributed by atoms with Gasteiger partial charge in [-0.15, -0.1) is 0 Å². The summed E-state index contributed by atoms with van der Waals surface area (Å²) in [6, 6.07) is 4.80. The van der Waals surface area contributed by atoms with Gasteiger partial charge < -0.3 is 16.2 Å². The summed E-state index contributed by atoms with van der Waals surface area (Å²) in [6.07, 6.45) is 2.11. The van der Waals surface area contributed by atoms with Crippen LogP contribution in [0, 0.1) is 0 Å². The summed E-state index contributed by atoms with van der Waals surface area (Å²) in [5.41, 5.74) is 6.20. The summed E-state index contributed by atoms with van der Waals surface area (Å²) in [6.45, 7) is 0. The molecule has 0 bridgehead atoms. The van der Waals surface area contributed by atoms with Crippen LogP contribution < -0.4 is 11.1 Å². The van der Waals surface area contributed by atoms with Crippen molar-refractivity contribution in [3.05, 3.63) is 23.8 Å². The van der Waals surface area contributed by atoms with Gasteiger partial charge in [0.15, 0.2) is 0 Å². The quantitative estimate of drug-likeness (QED) is 0.480. The highest BCUT2D eigenvalue weighted by Crippen LogP contribution is 2.22. The molecule has 0 heterocycles. The Morgan fingerprint density at radius 3 is 2.79 bits per heavy atom. The molecule has 0 spiro atoms. The molecule has 0 atom stereocenters. The van der Waals surface area contributed by atoms with Crippen LogP contribution in [0.15, 0.2) is 18.2 Å². The molecular weight excluding hydrogens is 180 g/mol. The van der Waals surface area contributed by atoms with Gasteiger partial charge in [0.05, 0.1) is 5.69 Å². The Balaban J connectivity index is 2.14. The Bertz CT molecular complexity index is 372.